The van der Waals surface area contributed by atoms with Gasteiger partial charge in [-0.05, 0) is 18.8 Å². The summed E-state index contributed by atoms with van der Waals surface area (Å²) in [7, 11) is 0. The predicted molar refractivity (Wildman–Crippen MR) is 71.6 cm³/mol. The molecule has 0 radical (unpaired) electrons. The molecular weight excluding hydrogens is 232 g/mol. The molecule has 0 bridgehead atoms. The summed E-state index contributed by atoms with van der Waals surface area (Å²) in [5.41, 5.74) is 0. The molecule has 0 saturated carbocycles. The van der Waals surface area contributed by atoms with Crippen LogP contribution in [0.25, 0.3) is 0 Å². The standard InChI is InChI=1S/C13H26N2O3/c1-5-7-14(8-6-2)13(18)15(9-11(3)4)10-12(16)17/h11H,5-10H2,1-4H3,(H,16,17). The zero-order valence-electron chi connectivity index (χ0n) is 12.0. The maximum atomic E-state index is 12.3. The Kier molecular flexibility index (Phi) is 8.16. The molecule has 0 aliphatic carbocycles. The van der Waals surface area contributed by atoms with Crippen LogP contribution in [0.2, 0.25) is 0 Å². The van der Waals surface area contributed by atoms with Crippen LogP contribution in [-0.4, -0.2) is 53.1 Å². The maximum absolute atomic E-state index is 12.3. The number of carboxylic acids is 1. The summed E-state index contributed by atoms with van der Waals surface area (Å²) in [5.74, 6) is -0.699. The molecule has 0 atom stereocenters. The zero-order chi connectivity index (χ0) is 14.1. The number of urea groups is 1. The van der Waals surface area contributed by atoms with Crippen LogP contribution in [0.5, 0.6) is 0 Å². The minimum atomic E-state index is -0.961. The molecule has 0 rings (SSSR count). The van der Waals surface area contributed by atoms with E-state index >= 15 is 0 Å². The first-order valence-corrected chi connectivity index (χ1v) is 6.67. The smallest absolute Gasteiger partial charge is 0.323 e. The lowest BCUT2D eigenvalue weighted by atomic mass is 10.2. The molecule has 106 valence electrons. The summed E-state index contributed by atoms with van der Waals surface area (Å²) in [6, 6.07) is -0.158. The van der Waals surface area contributed by atoms with Gasteiger partial charge in [-0.3, -0.25) is 4.79 Å². The Balaban J connectivity index is 4.71. The second kappa shape index (κ2) is 8.78. The van der Waals surface area contributed by atoms with E-state index in [0.29, 0.717) is 19.6 Å². The van der Waals surface area contributed by atoms with Gasteiger partial charge in [-0.25, -0.2) is 4.79 Å². The minimum Gasteiger partial charge on any atom is -0.480 e. The number of rotatable bonds is 8. The molecular formula is C13H26N2O3. The number of amides is 2. The molecule has 0 unspecified atom stereocenters. The van der Waals surface area contributed by atoms with Gasteiger partial charge in [-0.1, -0.05) is 27.7 Å². The highest BCUT2D eigenvalue weighted by molar-refractivity contribution is 5.80. The molecule has 18 heavy (non-hydrogen) atoms. The molecule has 0 aromatic carbocycles. The SMILES string of the molecule is CCCN(CCC)C(=O)N(CC(=O)O)CC(C)C. The molecule has 0 aliphatic heterocycles. The van der Waals surface area contributed by atoms with Crippen LogP contribution in [0.1, 0.15) is 40.5 Å². The molecule has 0 heterocycles. The first-order valence-electron chi connectivity index (χ1n) is 6.67. The highest BCUT2D eigenvalue weighted by Crippen LogP contribution is 2.06. The topological polar surface area (TPSA) is 60.9 Å². The Labute approximate surface area is 110 Å². The Hall–Kier alpha value is -1.26. The first kappa shape index (κ1) is 16.7. The summed E-state index contributed by atoms with van der Waals surface area (Å²) in [6.07, 6.45) is 1.77. The van der Waals surface area contributed by atoms with Crippen molar-refractivity contribution in [2.24, 2.45) is 5.92 Å². The van der Waals surface area contributed by atoms with Crippen LogP contribution < -0.4 is 0 Å². The highest BCUT2D eigenvalue weighted by Gasteiger charge is 2.22. The third kappa shape index (κ3) is 6.47. The summed E-state index contributed by atoms with van der Waals surface area (Å²) in [5, 5.41) is 8.87. The molecule has 0 aliphatic rings. The van der Waals surface area contributed by atoms with Crippen LogP contribution in [0.3, 0.4) is 0 Å². The molecule has 2 amide bonds. The lowest BCUT2D eigenvalue weighted by Crippen LogP contribution is -2.47. The zero-order valence-corrected chi connectivity index (χ0v) is 12.0. The Morgan fingerprint density at radius 1 is 1.06 bits per heavy atom. The van der Waals surface area contributed by atoms with Gasteiger partial charge >= 0.3 is 12.0 Å². The van der Waals surface area contributed by atoms with Crippen molar-refractivity contribution < 1.29 is 14.7 Å². The van der Waals surface area contributed by atoms with E-state index in [-0.39, 0.29) is 18.5 Å². The lowest BCUT2D eigenvalue weighted by molar-refractivity contribution is -0.137. The molecule has 0 spiro atoms. The van der Waals surface area contributed by atoms with Crippen molar-refractivity contribution in [3.63, 3.8) is 0 Å². The van der Waals surface area contributed by atoms with E-state index in [1.165, 1.54) is 4.90 Å². The molecule has 0 aromatic heterocycles. The van der Waals surface area contributed by atoms with E-state index in [4.69, 9.17) is 5.11 Å². The number of carboxylic acid groups (broad SMARTS) is 1. The maximum Gasteiger partial charge on any atom is 0.323 e. The van der Waals surface area contributed by atoms with Gasteiger partial charge in [-0.2, -0.15) is 0 Å². The van der Waals surface area contributed by atoms with E-state index in [1.54, 1.807) is 4.90 Å². The Morgan fingerprint density at radius 3 is 1.89 bits per heavy atom. The van der Waals surface area contributed by atoms with Crippen molar-refractivity contribution in [3.05, 3.63) is 0 Å². The van der Waals surface area contributed by atoms with Crippen LogP contribution >= 0.6 is 0 Å². The fourth-order valence-electron chi connectivity index (χ4n) is 1.86. The number of aliphatic carboxylic acids is 1. The predicted octanol–water partition coefficient (Wildman–Crippen LogP) is 2.27. The van der Waals surface area contributed by atoms with E-state index < -0.39 is 5.97 Å². The minimum absolute atomic E-state index is 0.158. The summed E-state index contributed by atoms with van der Waals surface area (Å²) in [4.78, 5) is 26.3. The van der Waals surface area contributed by atoms with Crippen molar-refractivity contribution in [1.82, 2.24) is 9.80 Å². The molecule has 5 nitrogen and oxygen atoms in total. The van der Waals surface area contributed by atoms with Gasteiger partial charge < -0.3 is 14.9 Å². The molecule has 1 N–H and O–H groups in total. The second-order valence-corrected chi connectivity index (χ2v) is 4.94. The number of carbonyl (C=O) groups is 2. The number of hydrogen-bond donors (Lipinski definition) is 1. The largest absolute Gasteiger partial charge is 0.480 e. The van der Waals surface area contributed by atoms with E-state index in [2.05, 4.69) is 0 Å². The Bertz CT molecular complexity index is 261. The lowest BCUT2D eigenvalue weighted by Gasteiger charge is -2.30. The summed E-state index contributed by atoms with van der Waals surface area (Å²) in [6.45, 7) is 9.61. The van der Waals surface area contributed by atoms with Gasteiger partial charge in [-0.15, -0.1) is 0 Å². The first-order chi connectivity index (χ1) is 8.42. The van der Waals surface area contributed by atoms with Gasteiger partial charge in [0.1, 0.15) is 6.54 Å². The highest BCUT2D eigenvalue weighted by atomic mass is 16.4. The fraction of sp³-hybridized carbons (Fsp3) is 0.846. The van der Waals surface area contributed by atoms with E-state index in [0.717, 1.165) is 12.8 Å². The average molecular weight is 258 g/mol. The molecule has 0 saturated heterocycles. The molecule has 0 aromatic rings. The van der Waals surface area contributed by atoms with Crippen LogP contribution in [0.4, 0.5) is 4.79 Å². The van der Waals surface area contributed by atoms with Gasteiger partial charge in [0.25, 0.3) is 0 Å². The Morgan fingerprint density at radius 2 is 1.56 bits per heavy atom. The summed E-state index contributed by atoms with van der Waals surface area (Å²) < 4.78 is 0. The van der Waals surface area contributed by atoms with Crippen LogP contribution in [0, 0.1) is 5.92 Å². The third-order valence-corrected chi connectivity index (χ3v) is 2.44. The van der Waals surface area contributed by atoms with Crippen molar-refractivity contribution >= 4 is 12.0 Å². The van der Waals surface area contributed by atoms with Crippen LogP contribution in [-0.2, 0) is 4.79 Å². The quantitative estimate of drug-likeness (QED) is 0.726. The molecule has 5 heteroatoms. The number of carbonyl (C=O) groups excluding carboxylic acids is 1. The van der Waals surface area contributed by atoms with Crippen molar-refractivity contribution in [2.75, 3.05) is 26.2 Å². The average Bonchev–Trinajstić information content (AvgIpc) is 2.25. The third-order valence-electron chi connectivity index (χ3n) is 2.44. The van der Waals surface area contributed by atoms with Crippen LogP contribution in [0.15, 0.2) is 0 Å². The van der Waals surface area contributed by atoms with Crippen molar-refractivity contribution in [3.8, 4) is 0 Å². The molecule has 0 fully saturated rings. The second-order valence-electron chi connectivity index (χ2n) is 4.94. The van der Waals surface area contributed by atoms with Crippen molar-refractivity contribution in [2.45, 2.75) is 40.5 Å². The van der Waals surface area contributed by atoms with Gasteiger partial charge in [0.05, 0.1) is 0 Å². The van der Waals surface area contributed by atoms with E-state index in [1.807, 2.05) is 27.7 Å². The fourth-order valence-corrected chi connectivity index (χ4v) is 1.86. The van der Waals surface area contributed by atoms with Gasteiger partial charge in [0.15, 0.2) is 0 Å². The van der Waals surface area contributed by atoms with Gasteiger partial charge in [0.2, 0.25) is 0 Å². The van der Waals surface area contributed by atoms with E-state index in [9.17, 15) is 9.59 Å². The van der Waals surface area contributed by atoms with Crippen molar-refractivity contribution in [1.29, 1.82) is 0 Å². The number of nitrogens with zero attached hydrogens (tertiary/aromatic N) is 2. The summed E-state index contributed by atoms with van der Waals surface area (Å²) >= 11 is 0. The van der Waals surface area contributed by atoms with Gasteiger partial charge in [0, 0.05) is 19.6 Å². The normalized spacial score (nSPS) is 10.5. The number of hydrogen-bond acceptors (Lipinski definition) is 2. The monoisotopic (exact) mass is 258 g/mol.